The van der Waals surface area contributed by atoms with E-state index in [1.807, 2.05) is 66.2 Å². The number of para-hydroxylation sites is 3. The van der Waals surface area contributed by atoms with Gasteiger partial charge in [-0.15, -0.1) is 5.10 Å². The number of nitrogens with zero attached hydrogens (tertiary/aromatic N) is 6. The molecule has 0 saturated heterocycles. The highest BCUT2D eigenvalue weighted by molar-refractivity contribution is 5.66. The first-order valence-corrected chi connectivity index (χ1v) is 13.0. The third kappa shape index (κ3) is 3.94. The molecule has 7 rings (SSSR count). The molecule has 9 heteroatoms. The fourth-order valence-electron chi connectivity index (χ4n) is 5.20. The predicted octanol–water partition coefficient (Wildman–Crippen LogP) is 5.80. The monoisotopic (exact) mass is 530 g/mol. The Bertz CT molecular complexity index is 1840. The lowest BCUT2D eigenvalue weighted by Gasteiger charge is -2.26. The van der Waals surface area contributed by atoms with Gasteiger partial charge in [-0.25, -0.2) is 19.2 Å². The molecule has 1 unspecified atom stereocenters. The Morgan fingerprint density at radius 2 is 1.60 bits per heavy atom. The van der Waals surface area contributed by atoms with E-state index < -0.39 is 0 Å². The molecule has 0 N–H and O–H groups in total. The van der Waals surface area contributed by atoms with Gasteiger partial charge in [0.05, 0.1) is 35.5 Å². The lowest BCUT2D eigenvalue weighted by atomic mass is 9.84. The first-order chi connectivity index (χ1) is 19.6. The number of hydrogen-bond acceptors (Lipinski definition) is 7. The van der Waals surface area contributed by atoms with Crippen molar-refractivity contribution < 1.29 is 14.2 Å². The van der Waals surface area contributed by atoms with Crippen LogP contribution in [0.4, 0.5) is 0 Å². The van der Waals surface area contributed by atoms with E-state index in [9.17, 15) is 0 Å². The molecule has 9 nitrogen and oxygen atoms in total. The number of aryl methyl sites for hydroxylation is 2. The van der Waals surface area contributed by atoms with Crippen molar-refractivity contribution in [1.82, 2.24) is 29.4 Å². The maximum Gasteiger partial charge on any atom is 0.230 e. The SMILES string of the molecule is COc1ccccc1OCc1nc2c3c(ncn2n1)Oc1c(c(C)nn1-c1ccccc1)C3c1ccc(C)cc1. The van der Waals surface area contributed by atoms with Crippen molar-refractivity contribution >= 4 is 5.65 Å². The molecule has 0 saturated carbocycles. The van der Waals surface area contributed by atoms with Gasteiger partial charge in [0.25, 0.3) is 0 Å². The quantitative estimate of drug-likeness (QED) is 0.268. The molecule has 3 aromatic carbocycles. The van der Waals surface area contributed by atoms with E-state index >= 15 is 0 Å². The second kappa shape index (κ2) is 9.53. The number of aromatic nitrogens is 6. The molecule has 0 fully saturated rings. The smallest absolute Gasteiger partial charge is 0.230 e. The number of fused-ring (bicyclic) bond motifs is 4. The van der Waals surface area contributed by atoms with Crippen molar-refractivity contribution in [3.8, 4) is 28.9 Å². The van der Waals surface area contributed by atoms with E-state index in [0.717, 1.165) is 28.1 Å². The molecule has 0 bridgehead atoms. The van der Waals surface area contributed by atoms with Crippen molar-refractivity contribution in [3.63, 3.8) is 0 Å². The largest absolute Gasteiger partial charge is 0.493 e. The van der Waals surface area contributed by atoms with Crippen molar-refractivity contribution in [1.29, 1.82) is 0 Å². The first-order valence-electron chi connectivity index (χ1n) is 13.0. The molecule has 4 heterocycles. The van der Waals surface area contributed by atoms with Crippen LogP contribution in [0.2, 0.25) is 0 Å². The second-order valence-corrected chi connectivity index (χ2v) is 9.70. The Morgan fingerprint density at radius 3 is 2.38 bits per heavy atom. The zero-order valence-electron chi connectivity index (χ0n) is 22.3. The van der Waals surface area contributed by atoms with Gasteiger partial charge in [-0.3, -0.25) is 0 Å². The van der Waals surface area contributed by atoms with Crippen molar-refractivity contribution in [3.05, 3.63) is 119 Å². The van der Waals surface area contributed by atoms with Gasteiger partial charge < -0.3 is 14.2 Å². The van der Waals surface area contributed by atoms with Crippen LogP contribution in [0.25, 0.3) is 11.3 Å². The van der Waals surface area contributed by atoms with E-state index in [4.69, 9.17) is 24.3 Å². The zero-order valence-corrected chi connectivity index (χ0v) is 22.3. The molecule has 1 aliphatic heterocycles. The summed E-state index contributed by atoms with van der Waals surface area (Å²) in [4.78, 5) is 9.58. The maximum atomic E-state index is 6.50. The van der Waals surface area contributed by atoms with Crippen LogP contribution in [-0.4, -0.2) is 36.5 Å². The summed E-state index contributed by atoms with van der Waals surface area (Å²) >= 11 is 0. The summed E-state index contributed by atoms with van der Waals surface area (Å²) < 4.78 is 21.5. The first kappa shape index (κ1) is 23.9. The van der Waals surface area contributed by atoms with Gasteiger partial charge >= 0.3 is 0 Å². The van der Waals surface area contributed by atoms with Crippen LogP contribution in [-0.2, 0) is 6.61 Å². The predicted molar refractivity (Wildman–Crippen MR) is 149 cm³/mol. The van der Waals surface area contributed by atoms with E-state index in [1.165, 1.54) is 5.56 Å². The zero-order chi connectivity index (χ0) is 27.2. The van der Waals surface area contributed by atoms with Crippen LogP contribution in [0, 0.1) is 13.8 Å². The van der Waals surface area contributed by atoms with E-state index in [-0.39, 0.29) is 12.5 Å². The van der Waals surface area contributed by atoms with Crippen LogP contribution in [0.5, 0.6) is 23.3 Å². The highest BCUT2D eigenvalue weighted by Gasteiger charge is 2.38. The summed E-state index contributed by atoms with van der Waals surface area (Å²) in [7, 11) is 1.62. The Kier molecular flexibility index (Phi) is 5.70. The molecule has 0 amide bonds. The van der Waals surface area contributed by atoms with E-state index in [0.29, 0.717) is 34.7 Å². The number of ether oxygens (including phenoxy) is 3. The van der Waals surface area contributed by atoms with Gasteiger partial charge in [0.1, 0.15) is 12.9 Å². The summed E-state index contributed by atoms with van der Waals surface area (Å²) in [5.74, 6) is 2.71. The molecule has 40 heavy (non-hydrogen) atoms. The van der Waals surface area contributed by atoms with Gasteiger partial charge in [-0.2, -0.15) is 5.10 Å². The summed E-state index contributed by atoms with van der Waals surface area (Å²) in [5.41, 5.74) is 6.54. The van der Waals surface area contributed by atoms with Crippen molar-refractivity contribution in [2.75, 3.05) is 7.11 Å². The number of rotatable bonds is 6. The molecule has 1 atom stereocenters. The Hall–Kier alpha value is -5.18. The van der Waals surface area contributed by atoms with Gasteiger partial charge in [0.2, 0.25) is 11.8 Å². The molecular formula is C31H26N6O3. The highest BCUT2D eigenvalue weighted by atomic mass is 16.5. The molecule has 0 spiro atoms. The summed E-state index contributed by atoms with van der Waals surface area (Å²) in [6.07, 6.45) is 1.63. The molecule has 1 aliphatic rings. The Labute approximate surface area is 230 Å². The van der Waals surface area contributed by atoms with E-state index in [2.05, 4.69) is 41.3 Å². The number of benzene rings is 3. The molecule has 6 aromatic rings. The van der Waals surface area contributed by atoms with Crippen LogP contribution in [0.3, 0.4) is 0 Å². The minimum atomic E-state index is -0.208. The fourth-order valence-corrected chi connectivity index (χ4v) is 5.20. The third-order valence-electron chi connectivity index (χ3n) is 7.10. The van der Waals surface area contributed by atoms with Gasteiger partial charge in [0, 0.05) is 0 Å². The van der Waals surface area contributed by atoms with Crippen molar-refractivity contribution in [2.45, 2.75) is 26.4 Å². The molecule has 3 aromatic heterocycles. The molecule has 0 aliphatic carbocycles. The average Bonchev–Trinajstić information content (AvgIpc) is 3.56. The standard InChI is InChI=1S/C31H26N6O3/c1-19-13-15-21(16-14-19)27-26-20(2)34-37(22-9-5-4-6-10-22)31(26)40-30-28(27)29-33-25(35-36(29)18-32-30)17-39-24-12-8-7-11-23(24)38-3/h4-16,18,27H,17H2,1-3H3. The molecular weight excluding hydrogens is 504 g/mol. The maximum absolute atomic E-state index is 6.50. The Morgan fingerprint density at radius 1 is 0.850 bits per heavy atom. The topological polar surface area (TPSA) is 88.6 Å². The Balaban J connectivity index is 1.36. The van der Waals surface area contributed by atoms with Crippen LogP contribution < -0.4 is 14.2 Å². The molecule has 198 valence electrons. The third-order valence-corrected chi connectivity index (χ3v) is 7.10. The second-order valence-electron chi connectivity index (χ2n) is 9.70. The summed E-state index contributed by atoms with van der Waals surface area (Å²) in [6.45, 7) is 4.26. The number of hydrogen-bond donors (Lipinski definition) is 0. The molecule has 0 radical (unpaired) electrons. The van der Waals surface area contributed by atoms with Gasteiger partial charge in [0.15, 0.2) is 23.0 Å². The highest BCUT2D eigenvalue weighted by Crippen LogP contribution is 2.49. The van der Waals surface area contributed by atoms with Crippen molar-refractivity contribution in [2.24, 2.45) is 0 Å². The average molecular weight is 531 g/mol. The van der Waals surface area contributed by atoms with Gasteiger partial charge in [-0.1, -0.05) is 60.2 Å². The summed E-state index contributed by atoms with van der Waals surface area (Å²) in [6, 6.07) is 26.0. The lowest BCUT2D eigenvalue weighted by Crippen LogP contribution is -2.16. The van der Waals surface area contributed by atoms with Crippen LogP contribution in [0.15, 0.2) is 85.2 Å². The minimum absolute atomic E-state index is 0.170. The van der Waals surface area contributed by atoms with Crippen LogP contribution >= 0.6 is 0 Å². The summed E-state index contributed by atoms with van der Waals surface area (Å²) in [5, 5.41) is 9.56. The van der Waals surface area contributed by atoms with Gasteiger partial charge in [-0.05, 0) is 43.7 Å². The fraction of sp³-hybridized carbons (Fsp3) is 0.161. The number of methoxy groups -OCH3 is 1. The minimum Gasteiger partial charge on any atom is -0.493 e. The normalized spacial score (nSPS) is 13.9. The lowest BCUT2D eigenvalue weighted by molar-refractivity contribution is 0.276. The van der Waals surface area contributed by atoms with E-state index in [1.54, 1.807) is 18.0 Å². The van der Waals surface area contributed by atoms with Crippen LogP contribution in [0.1, 0.15) is 39.7 Å².